The molecule has 0 atom stereocenters. The Bertz CT molecular complexity index is 833. The summed E-state index contributed by atoms with van der Waals surface area (Å²) in [7, 11) is 0. The molecule has 0 aliphatic heterocycles. The number of halogens is 1. The van der Waals surface area contributed by atoms with Crippen molar-refractivity contribution in [3.05, 3.63) is 77.6 Å². The minimum absolute atomic E-state index is 0.224. The van der Waals surface area contributed by atoms with Gasteiger partial charge in [0.2, 0.25) is 0 Å². The first kappa shape index (κ1) is 18.4. The lowest BCUT2D eigenvalue weighted by molar-refractivity contribution is 0.283. The second kappa shape index (κ2) is 9.32. The summed E-state index contributed by atoms with van der Waals surface area (Å²) in [5.41, 5.74) is 2.05. The average molecular weight is 353 g/mol. The molecule has 0 unspecified atom stereocenters. The molecule has 26 heavy (non-hydrogen) atoms. The van der Waals surface area contributed by atoms with Crippen LogP contribution in [0.25, 0.3) is 10.8 Å². The number of nitrogens with one attached hydrogen (secondary N) is 1. The third kappa shape index (κ3) is 4.81. The van der Waals surface area contributed by atoms with Gasteiger partial charge in [-0.2, -0.15) is 0 Å². The van der Waals surface area contributed by atoms with Crippen LogP contribution in [0.5, 0.6) is 5.75 Å². The predicted octanol–water partition coefficient (Wildman–Crippen LogP) is 4.42. The van der Waals surface area contributed by atoms with Gasteiger partial charge in [-0.25, -0.2) is 4.39 Å². The first-order chi connectivity index (χ1) is 12.8. The van der Waals surface area contributed by atoms with E-state index in [1.54, 1.807) is 12.1 Å². The molecule has 0 heterocycles. The molecule has 0 aliphatic rings. The molecule has 0 radical (unpaired) electrons. The fourth-order valence-corrected chi connectivity index (χ4v) is 2.95. The number of aliphatic hydroxyl groups excluding tert-OH is 1. The maximum atomic E-state index is 13.1. The molecule has 3 nitrogen and oxygen atoms in total. The number of aliphatic hydroxyl groups is 1. The summed E-state index contributed by atoms with van der Waals surface area (Å²) in [4.78, 5) is 0. The Morgan fingerprint density at radius 2 is 1.73 bits per heavy atom. The van der Waals surface area contributed by atoms with Gasteiger partial charge in [0.25, 0.3) is 0 Å². The Morgan fingerprint density at radius 1 is 0.923 bits per heavy atom. The number of hydrogen-bond donors (Lipinski definition) is 2. The van der Waals surface area contributed by atoms with Crippen molar-refractivity contribution in [2.24, 2.45) is 0 Å². The molecule has 0 saturated carbocycles. The van der Waals surface area contributed by atoms with E-state index < -0.39 is 0 Å². The first-order valence-electron chi connectivity index (χ1n) is 8.97. The van der Waals surface area contributed by atoms with Gasteiger partial charge in [-0.1, -0.05) is 42.5 Å². The van der Waals surface area contributed by atoms with Crippen LogP contribution in [-0.2, 0) is 13.2 Å². The Labute approximate surface area is 153 Å². The molecule has 0 bridgehead atoms. The highest BCUT2D eigenvalue weighted by Crippen LogP contribution is 2.28. The van der Waals surface area contributed by atoms with Gasteiger partial charge < -0.3 is 15.2 Å². The number of rotatable bonds is 9. The van der Waals surface area contributed by atoms with Gasteiger partial charge in [0.1, 0.15) is 18.2 Å². The Kier molecular flexibility index (Phi) is 6.58. The zero-order valence-electron chi connectivity index (χ0n) is 14.7. The number of ether oxygens (including phenoxy) is 1. The summed E-state index contributed by atoms with van der Waals surface area (Å²) in [6, 6.07) is 18.7. The third-order valence-corrected chi connectivity index (χ3v) is 4.37. The summed E-state index contributed by atoms with van der Waals surface area (Å²) in [6.07, 6.45) is 1.74. The summed E-state index contributed by atoms with van der Waals surface area (Å²) in [5.74, 6) is 0.593. The van der Waals surface area contributed by atoms with Crippen LogP contribution >= 0.6 is 0 Å². The van der Waals surface area contributed by atoms with Gasteiger partial charge >= 0.3 is 0 Å². The van der Waals surface area contributed by atoms with Crippen LogP contribution < -0.4 is 10.1 Å². The largest absolute Gasteiger partial charge is 0.489 e. The number of hydrogen-bond acceptors (Lipinski definition) is 3. The Balaban J connectivity index is 1.76. The second-order valence-corrected chi connectivity index (χ2v) is 6.29. The minimum Gasteiger partial charge on any atom is -0.489 e. The van der Waals surface area contributed by atoms with E-state index in [9.17, 15) is 4.39 Å². The molecule has 0 saturated heterocycles. The van der Waals surface area contributed by atoms with E-state index in [1.165, 1.54) is 22.9 Å². The van der Waals surface area contributed by atoms with Gasteiger partial charge in [0, 0.05) is 18.7 Å². The van der Waals surface area contributed by atoms with E-state index in [-0.39, 0.29) is 12.4 Å². The Hall–Kier alpha value is -2.43. The second-order valence-electron chi connectivity index (χ2n) is 6.29. The van der Waals surface area contributed by atoms with Crippen molar-refractivity contribution >= 4 is 10.8 Å². The normalized spacial score (nSPS) is 11.0. The molecule has 3 aromatic rings. The maximum absolute atomic E-state index is 13.1. The van der Waals surface area contributed by atoms with Gasteiger partial charge in [-0.15, -0.1) is 0 Å². The van der Waals surface area contributed by atoms with Crippen LogP contribution in [-0.4, -0.2) is 18.3 Å². The van der Waals surface area contributed by atoms with E-state index in [0.717, 1.165) is 36.3 Å². The van der Waals surface area contributed by atoms with Crippen LogP contribution in [0, 0.1) is 5.82 Å². The monoisotopic (exact) mass is 353 g/mol. The highest BCUT2D eigenvalue weighted by molar-refractivity contribution is 5.87. The standard InChI is InChI=1S/C22H24FNO2/c23-19-10-7-17(8-11-19)16-26-22-12-9-18-5-1-2-6-20(18)21(22)15-24-13-3-4-14-25/h1-2,5-12,24-25H,3-4,13-16H2. The van der Waals surface area contributed by atoms with E-state index >= 15 is 0 Å². The van der Waals surface area contributed by atoms with Crippen LogP contribution in [0.2, 0.25) is 0 Å². The molecule has 0 aliphatic carbocycles. The summed E-state index contributed by atoms with van der Waals surface area (Å²) < 4.78 is 19.1. The quantitative estimate of drug-likeness (QED) is 0.560. The van der Waals surface area contributed by atoms with E-state index in [2.05, 4.69) is 23.5 Å². The highest BCUT2D eigenvalue weighted by Gasteiger charge is 2.09. The smallest absolute Gasteiger partial charge is 0.124 e. The molecule has 2 N–H and O–H groups in total. The number of benzene rings is 3. The molecule has 0 amide bonds. The predicted molar refractivity (Wildman–Crippen MR) is 103 cm³/mol. The van der Waals surface area contributed by atoms with Crippen LogP contribution in [0.15, 0.2) is 60.7 Å². The van der Waals surface area contributed by atoms with Crippen molar-refractivity contribution in [3.8, 4) is 5.75 Å². The molecule has 136 valence electrons. The molecular formula is C22H24FNO2. The van der Waals surface area contributed by atoms with Crippen molar-refractivity contribution in [1.82, 2.24) is 5.32 Å². The zero-order valence-corrected chi connectivity index (χ0v) is 14.7. The zero-order chi connectivity index (χ0) is 18.2. The SMILES string of the molecule is OCCCCNCc1c(OCc2ccc(F)cc2)ccc2ccccc12. The van der Waals surface area contributed by atoms with Crippen LogP contribution in [0.1, 0.15) is 24.0 Å². The molecule has 0 fully saturated rings. The van der Waals surface area contributed by atoms with Crippen molar-refractivity contribution < 1.29 is 14.2 Å². The molecule has 3 rings (SSSR count). The van der Waals surface area contributed by atoms with Crippen LogP contribution in [0.3, 0.4) is 0 Å². The van der Waals surface area contributed by atoms with Crippen molar-refractivity contribution in [2.75, 3.05) is 13.2 Å². The number of fused-ring (bicyclic) bond motifs is 1. The van der Waals surface area contributed by atoms with Crippen LogP contribution in [0.4, 0.5) is 4.39 Å². The topological polar surface area (TPSA) is 41.5 Å². The molecule has 4 heteroatoms. The van der Waals surface area contributed by atoms with Gasteiger partial charge in [0.05, 0.1) is 0 Å². The molecule has 0 aromatic heterocycles. The molecule has 0 spiro atoms. The fraction of sp³-hybridized carbons (Fsp3) is 0.273. The fourth-order valence-electron chi connectivity index (χ4n) is 2.95. The maximum Gasteiger partial charge on any atom is 0.124 e. The lowest BCUT2D eigenvalue weighted by Gasteiger charge is -2.15. The van der Waals surface area contributed by atoms with Gasteiger partial charge in [-0.05, 0) is 53.9 Å². The van der Waals surface area contributed by atoms with E-state index in [4.69, 9.17) is 9.84 Å². The third-order valence-electron chi connectivity index (χ3n) is 4.37. The Morgan fingerprint density at radius 3 is 2.54 bits per heavy atom. The van der Waals surface area contributed by atoms with E-state index in [1.807, 2.05) is 18.2 Å². The summed E-state index contributed by atoms with van der Waals surface area (Å²) in [6.45, 7) is 2.17. The van der Waals surface area contributed by atoms with E-state index in [0.29, 0.717) is 13.2 Å². The van der Waals surface area contributed by atoms with Crippen molar-refractivity contribution in [3.63, 3.8) is 0 Å². The van der Waals surface area contributed by atoms with Gasteiger partial charge in [-0.3, -0.25) is 0 Å². The minimum atomic E-state index is -0.243. The highest BCUT2D eigenvalue weighted by atomic mass is 19.1. The van der Waals surface area contributed by atoms with Crippen molar-refractivity contribution in [1.29, 1.82) is 0 Å². The lowest BCUT2D eigenvalue weighted by Crippen LogP contribution is -2.16. The van der Waals surface area contributed by atoms with Gasteiger partial charge in [0.15, 0.2) is 0 Å². The number of unbranched alkanes of at least 4 members (excludes halogenated alkanes) is 1. The summed E-state index contributed by atoms with van der Waals surface area (Å²) in [5, 5.41) is 14.7. The molecular weight excluding hydrogens is 329 g/mol. The molecule has 3 aromatic carbocycles. The summed E-state index contributed by atoms with van der Waals surface area (Å²) >= 11 is 0. The lowest BCUT2D eigenvalue weighted by atomic mass is 10.0. The first-order valence-corrected chi connectivity index (χ1v) is 8.97. The van der Waals surface area contributed by atoms with Crippen molar-refractivity contribution in [2.45, 2.75) is 26.0 Å². The average Bonchev–Trinajstić information content (AvgIpc) is 2.68.